The number of ether oxygens (including phenoxy) is 2. The minimum atomic E-state index is -0.313. The maximum atomic E-state index is 8.70. The van der Waals surface area contributed by atoms with E-state index in [1.54, 1.807) is 7.11 Å². The van der Waals surface area contributed by atoms with Crippen LogP contribution in [0, 0.1) is 11.3 Å². The van der Waals surface area contributed by atoms with Crippen molar-refractivity contribution in [1.82, 2.24) is 0 Å². The van der Waals surface area contributed by atoms with Crippen LogP contribution < -0.4 is 15.2 Å². The molecule has 0 radical (unpaired) electrons. The fraction of sp³-hybridized carbons (Fsp3) is 0.235. The Kier molecular flexibility index (Phi) is 5.19. The van der Waals surface area contributed by atoms with Gasteiger partial charge in [0.1, 0.15) is 6.61 Å². The number of rotatable bonds is 6. The number of benzene rings is 2. The Morgan fingerprint density at radius 1 is 1.14 bits per heavy atom. The van der Waals surface area contributed by atoms with E-state index in [1.165, 1.54) is 0 Å². The summed E-state index contributed by atoms with van der Waals surface area (Å²) in [6.07, 6.45) is 0.271. The number of methoxy groups -OCH3 is 1. The molecule has 0 bridgehead atoms. The first kappa shape index (κ1) is 14.9. The summed E-state index contributed by atoms with van der Waals surface area (Å²) in [5, 5.41) is 8.70. The quantitative estimate of drug-likeness (QED) is 0.883. The van der Waals surface area contributed by atoms with E-state index in [9.17, 15) is 0 Å². The fourth-order valence-corrected chi connectivity index (χ4v) is 1.99. The molecule has 2 N–H and O–H groups in total. The molecule has 0 aromatic heterocycles. The van der Waals surface area contributed by atoms with Crippen LogP contribution >= 0.6 is 0 Å². The third-order valence-electron chi connectivity index (χ3n) is 3.16. The molecule has 0 spiro atoms. The summed E-state index contributed by atoms with van der Waals surface area (Å²) in [6.45, 7) is 0.473. The standard InChI is InChI=1S/C17H18N2O2/c1-20-17-11-14(15(19)9-10-18)7-8-16(17)21-12-13-5-3-2-4-6-13/h2-8,11,15H,9,12,19H2,1H3/t15-/m1/s1. The third-order valence-corrected chi connectivity index (χ3v) is 3.16. The Morgan fingerprint density at radius 2 is 1.90 bits per heavy atom. The van der Waals surface area contributed by atoms with Crippen LogP contribution in [-0.2, 0) is 6.61 Å². The minimum absolute atomic E-state index is 0.271. The lowest BCUT2D eigenvalue weighted by Crippen LogP contribution is -2.09. The first-order chi connectivity index (χ1) is 10.2. The molecule has 0 saturated heterocycles. The topological polar surface area (TPSA) is 68.3 Å². The van der Waals surface area contributed by atoms with Gasteiger partial charge >= 0.3 is 0 Å². The van der Waals surface area contributed by atoms with E-state index in [4.69, 9.17) is 20.5 Å². The molecule has 2 aromatic rings. The van der Waals surface area contributed by atoms with Crippen LogP contribution in [0.15, 0.2) is 48.5 Å². The van der Waals surface area contributed by atoms with Gasteiger partial charge in [0.25, 0.3) is 0 Å². The molecule has 0 saturated carbocycles. The molecule has 0 amide bonds. The van der Waals surface area contributed by atoms with Gasteiger partial charge in [0.2, 0.25) is 0 Å². The van der Waals surface area contributed by atoms with Crippen LogP contribution in [0.2, 0.25) is 0 Å². The van der Waals surface area contributed by atoms with Gasteiger partial charge in [-0.25, -0.2) is 0 Å². The van der Waals surface area contributed by atoms with E-state index >= 15 is 0 Å². The van der Waals surface area contributed by atoms with Crippen molar-refractivity contribution < 1.29 is 9.47 Å². The Hall–Kier alpha value is -2.51. The van der Waals surface area contributed by atoms with Gasteiger partial charge < -0.3 is 15.2 Å². The highest BCUT2D eigenvalue weighted by atomic mass is 16.5. The van der Waals surface area contributed by atoms with Crippen LogP contribution in [-0.4, -0.2) is 7.11 Å². The summed E-state index contributed by atoms with van der Waals surface area (Å²) < 4.78 is 11.1. The zero-order chi connectivity index (χ0) is 15.1. The second kappa shape index (κ2) is 7.32. The summed E-state index contributed by atoms with van der Waals surface area (Å²) in [5.74, 6) is 1.28. The number of nitriles is 1. The largest absolute Gasteiger partial charge is 0.493 e. The van der Waals surface area contributed by atoms with E-state index in [0.29, 0.717) is 18.1 Å². The van der Waals surface area contributed by atoms with Crippen molar-refractivity contribution in [3.05, 3.63) is 59.7 Å². The molecule has 108 valence electrons. The van der Waals surface area contributed by atoms with E-state index in [2.05, 4.69) is 6.07 Å². The zero-order valence-electron chi connectivity index (χ0n) is 12.0. The lowest BCUT2D eigenvalue weighted by atomic mass is 10.0. The van der Waals surface area contributed by atoms with Crippen molar-refractivity contribution in [3.8, 4) is 17.6 Å². The molecular weight excluding hydrogens is 264 g/mol. The molecular formula is C17H18N2O2. The van der Waals surface area contributed by atoms with Gasteiger partial charge in [-0.2, -0.15) is 5.26 Å². The Bertz CT molecular complexity index is 620. The number of hydrogen-bond donors (Lipinski definition) is 1. The molecule has 4 heteroatoms. The second-order valence-electron chi connectivity index (χ2n) is 4.65. The third kappa shape index (κ3) is 3.98. The number of hydrogen-bond acceptors (Lipinski definition) is 4. The lowest BCUT2D eigenvalue weighted by molar-refractivity contribution is 0.284. The van der Waals surface area contributed by atoms with E-state index < -0.39 is 0 Å². The van der Waals surface area contributed by atoms with Gasteiger partial charge in [0.15, 0.2) is 11.5 Å². The smallest absolute Gasteiger partial charge is 0.161 e. The predicted molar refractivity (Wildman–Crippen MR) is 80.9 cm³/mol. The summed E-state index contributed by atoms with van der Waals surface area (Å²) >= 11 is 0. The minimum Gasteiger partial charge on any atom is -0.493 e. The molecule has 4 nitrogen and oxygen atoms in total. The van der Waals surface area contributed by atoms with Crippen molar-refractivity contribution in [3.63, 3.8) is 0 Å². The van der Waals surface area contributed by atoms with Crippen LogP contribution in [0.1, 0.15) is 23.6 Å². The van der Waals surface area contributed by atoms with E-state index in [-0.39, 0.29) is 12.5 Å². The molecule has 0 aliphatic carbocycles. The maximum absolute atomic E-state index is 8.70. The van der Waals surface area contributed by atoms with Gasteiger partial charge in [0, 0.05) is 6.04 Å². The summed E-state index contributed by atoms with van der Waals surface area (Å²) in [5.41, 5.74) is 7.87. The van der Waals surface area contributed by atoms with Gasteiger partial charge in [-0.05, 0) is 23.3 Å². The molecule has 1 atom stereocenters. The summed E-state index contributed by atoms with van der Waals surface area (Å²) in [4.78, 5) is 0. The molecule has 0 aliphatic rings. The van der Waals surface area contributed by atoms with Gasteiger partial charge in [-0.1, -0.05) is 36.4 Å². The monoisotopic (exact) mass is 282 g/mol. The van der Waals surface area contributed by atoms with Gasteiger partial charge in [-0.15, -0.1) is 0 Å². The van der Waals surface area contributed by atoms with Crippen molar-refractivity contribution in [2.75, 3.05) is 7.11 Å². The summed E-state index contributed by atoms with van der Waals surface area (Å²) in [6, 6.07) is 17.2. The van der Waals surface area contributed by atoms with Crippen LogP contribution in [0.3, 0.4) is 0 Å². The highest BCUT2D eigenvalue weighted by Gasteiger charge is 2.11. The van der Waals surface area contributed by atoms with Crippen molar-refractivity contribution in [2.24, 2.45) is 5.73 Å². The van der Waals surface area contributed by atoms with Gasteiger partial charge in [0.05, 0.1) is 19.6 Å². The van der Waals surface area contributed by atoms with Crippen LogP contribution in [0.25, 0.3) is 0 Å². The van der Waals surface area contributed by atoms with Crippen LogP contribution in [0.5, 0.6) is 11.5 Å². The van der Waals surface area contributed by atoms with Crippen molar-refractivity contribution in [1.29, 1.82) is 5.26 Å². The molecule has 0 heterocycles. The summed E-state index contributed by atoms with van der Waals surface area (Å²) in [7, 11) is 1.59. The van der Waals surface area contributed by atoms with Crippen molar-refractivity contribution in [2.45, 2.75) is 19.1 Å². The van der Waals surface area contributed by atoms with Gasteiger partial charge in [-0.3, -0.25) is 0 Å². The number of nitrogens with two attached hydrogens (primary N) is 1. The number of nitrogens with zero attached hydrogens (tertiary/aromatic N) is 1. The normalized spacial score (nSPS) is 11.5. The predicted octanol–water partition coefficient (Wildman–Crippen LogP) is 3.19. The first-order valence-corrected chi connectivity index (χ1v) is 6.71. The Labute approximate surface area is 124 Å². The second-order valence-corrected chi connectivity index (χ2v) is 4.65. The fourth-order valence-electron chi connectivity index (χ4n) is 1.99. The molecule has 0 unspecified atom stereocenters. The molecule has 2 aromatic carbocycles. The first-order valence-electron chi connectivity index (χ1n) is 6.71. The highest BCUT2D eigenvalue weighted by Crippen LogP contribution is 2.31. The average Bonchev–Trinajstić information content (AvgIpc) is 2.54. The molecule has 21 heavy (non-hydrogen) atoms. The Balaban J connectivity index is 2.11. The molecule has 2 rings (SSSR count). The van der Waals surface area contributed by atoms with Crippen LogP contribution in [0.4, 0.5) is 0 Å². The SMILES string of the molecule is COc1cc([C@H](N)CC#N)ccc1OCc1ccccc1. The van der Waals surface area contributed by atoms with Crippen molar-refractivity contribution >= 4 is 0 Å². The average molecular weight is 282 g/mol. The maximum Gasteiger partial charge on any atom is 0.161 e. The van der Waals surface area contributed by atoms with E-state index in [0.717, 1.165) is 11.1 Å². The zero-order valence-corrected chi connectivity index (χ0v) is 12.0. The molecule has 0 aliphatic heterocycles. The molecule has 0 fully saturated rings. The van der Waals surface area contributed by atoms with E-state index in [1.807, 2.05) is 48.5 Å². The lowest BCUT2D eigenvalue weighted by Gasteiger charge is -2.14. The Morgan fingerprint density at radius 3 is 2.57 bits per heavy atom. The highest BCUT2D eigenvalue weighted by molar-refractivity contribution is 5.44.